The van der Waals surface area contributed by atoms with E-state index in [1.54, 1.807) is 0 Å². The Morgan fingerprint density at radius 1 is 0.340 bits per heavy atom. The summed E-state index contributed by atoms with van der Waals surface area (Å²) in [5.41, 5.74) is 11.2. The molecule has 0 unspecified atom stereocenters. The lowest BCUT2D eigenvalue weighted by molar-refractivity contribution is 0.666. The number of benzene rings is 9. The molecule has 0 amide bonds. The first-order valence-corrected chi connectivity index (χ1v) is 18.2. The first kappa shape index (κ1) is 28.6. The normalized spacial score (nSPS) is 12.2. The molecule has 3 heteroatoms. The molecular formula is C50H30N2O. The van der Waals surface area contributed by atoms with E-state index in [9.17, 15) is 0 Å². The highest BCUT2D eigenvalue weighted by molar-refractivity contribution is 6.20. The first-order valence-electron chi connectivity index (χ1n) is 18.2. The van der Waals surface area contributed by atoms with Crippen molar-refractivity contribution < 1.29 is 4.42 Å². The zero-order valence-electron chi connectivity index (χ0n) is 28.6. The molecule has 0 N–H and O–H groups in total. The number of hydrogen-bond donors (Lipinski definition) is 0. The molecule has 0 saturated heterocycles. The zero-order chi connectivity index (χ0) is 34.6. The highest BCUT2D eigenvalue weighted by Gasteiger charge is 2.20. The van der Waals surface area contributed by atoms with E-state index in [0.29, 0.717) is 0 Å². The highest BCUT2D eigenvalue weighted by atomic mass is 16.3. The van der Waals surface area contributed by atoms with Gasteiger partial charge in [0.05, 0.1) is 27.8 Å². The Labute approximate surface area is 304 Å². The van der Waals surface area contributed by atoms with Crippen molar-refractivity contribution in [3.63, 3.8) is 0 Å². The van der Waals surface area contributed by atoms with Crippen LogP contribution in [0.3, 0.4) is 0 Å². The average Bonchev–Trinajstić information content (AvgIpc) is 3.88. The monoisotopic (exact) mass is 674 g/mol. The summed E-state index contributed by atoms with van der Waals surface area (Å²) in [6.45, 7) is 0. The third kappa shape index (κ3) is 4.05. The predicted octanol–water partition coefficient (Wildman–Crippen LogP) is 13.8. The molecule has 0 aliphatic carbocycles. The molecular weight excluding hydrogens is 645 g/mol. The van der Waals surface area contributed by atoms with Crippen LogP contribution in [0.5, 0.6) is 0 Å². The summed E-state index contributed by atoms with van der Waals surface area (Å²) in [6.07, 6.45) is 0. The Morgan fingerprint density at radius 2 is 0.962 bits per heavy atom. The minimum Gasteiger partial charge on any atom is -0.454 e. The van der Waals surface area contributed by atoms with Crippen molar-refractivity contribution in [2.24, 2.45) is 0 Å². The van der Waals surface area contributed by atoms with Gasteiger partial charge in [0, 0.05) is 43.4 Å². The zero-order valence-corrected chi connectivity index (χ0v) is 28.6. The number of hydrogen-bond acceptors (Lipinski definition) is 1. The van der Waals surface area contributed by atoms with E-state index < -0.39 is 0 Å². The van der Waals surface area contributed by atoms with E-state index in [1.165, 1.54) is 76.5 Å². The van der Waals surface area contributed by atoms with Gasteiger partial charge in [-0.15, -0.1) is 0 Å². The van der Waals surface area contributed by atoms with Gasteiger partial charge in [-0.3, -0.25) is 0 Å². The second-order valence-electron chi connectivity index (χ2n) is 14.1. The second kappa shape index (κ2) is 10.7. The lowest BCUT2D eigenvalue weighted by Crippen LogP contribution is -1.95. The van der Waals surface area contributed by atoms with Crippen LogP contribution in [0.25, 0.3) is 110 Å². The van der Waals surface area contributed by atoms with Crippen LogP contribution in [0, 0.1) is 0 Å². The van der Waals surface area contributed by atoms with Gasteiger partial charge in [0.1, 0.15) is 5.58 Å². The quantitative estimate of drug-likeness (QED) is 0.183. The van der Waals surface area contributed by atoms with Crippen molar-refractivity contribution in [3.05, 3.63) is 182 Å². The largest absolute Gasteiger partial charge is 0.454 e. The standard InChI is InChI=1S/C50H30N2O/c1-2-12-33-28-36(24-20-31(33)10-1)51-44-17-7-5-14-38(44)42-29-34(22-26-45(42)51)35-23-27-46-43(30-35)40-25-21-32-11-3-4-13-37(32)49(40)52(46)47-18-9-16-41-39-15-6-8-19-48(39)53-50(41)47/h1-30H. The highest BCUT2D eigenvalue weighted by Crippen LogP contribution is 2.42. The van der Waals surface area contributed by atoms with E-state index in [1.807, 2.05) is 6.07 Å². The molecule has 0 radical (unpaired) electrons. The SMILES string of the molecule is c1ccc2cc(-n3c4ccccc4c4cc(-c5ccc6c(c5)c5ccc7ccccc7c5n6-c5cccc6c5oc5ccccc56)ccc43)ccc2c1. The predicted molar refractivity (Wildman–Crippen MR) is 223 cm³/mol. The molecule has 0 spiro atoms. The lowest BCUT2D eigenvalue weighted by Gasteiger charge is -2.11. The van der Waals surface area contributed by atoms with Crippen molar-refractivity contribution in [1.82, 2.24) is 9.13 Å². The molecule has 0 fully saturated rings. The topological polar surface area (TPSA) is 23.0 Å². The minimum absolute atomic E-state index is 0.901. The maximum atomic E-state index is 6.62. The molecule has 0 atom stereocenters. The van der Waals surface area contributed by atoms with E-state index in [0.717, 1.165) is 33.1 Å². The average molecular weight is 675 g/mol. The van der Waals surface area contributed by atoms with Gasteiger partial charge in [0.15, 0.2) is 5.58 Å². The van der Waals surface area contributed by atoms with Crippen molar-refractivity contribution in [2.45, 2.75) is 0 Å². The Hall–Kier alpha value is -7.10. The summed E-state index contributed by atoms with van der Waals surface area (Å²) < 4.78 is 11.4. The van der Waals surface area contributed by atoms with Gasteiger partial charge in [-0.1, -0.05) is 127 Å². The number of nitrogens with zero attached hydrogens (tertiary/aromatic N) is 2. The Kier molecular flexibility index (Phi) is 5.77. The third-order valence-electron chi connectivity index (χ3n) is 11.3. The van der Waals surface area contributed by atoms with Gasteiger partial charge in [-0.25, -0.2) is 0 Å². The number of aromatic nitrogens is 2. The van der Waals surface area contributed by atoms with Crippen molar-refractivity contribution in [3.8, 4) is 22.5 Å². The molecule has 12 rings (SSSR count). The van der Waals surface area contributed by atoms with Crippen molar-refractivity contribution >= 4 is 87.1 Å². The maximum absolute atomic E-state index is 6.62. The van der Waals surface area contributed by atoms with Crippen LogP contribution < -0.4 is 0 Å². The number of furan rings is 1. The number of para-hydroxylation sites is 3. The van der Waals surface area contributed by atoms with E-state index in [4.69, 9.17) is 4.42 Å². The molecule has 53 heavy (non-hydrogen) atoms. The van der Waals surface area contributed by atoms with Gasteiger partial charge in [-0.05, 0) is 81.9 Å². The summed E-state index contributed by atoms with van der Waals surface area (Å²) in [4.78, 5) is 0. The van der Waals surface area contributed by atoms with Crippen LogP contribution in [0.1, 0.15) is 0 Å². The summed E-state index contributed by atoms with van der Waals surface area (Å²) in [7, 11) is 0. The fourth-order valence-electron chi connectivity index (χ4n) is 8.87. The molecule has 3 nitrogen and oxygen atoms in total. The minimum atomic E-state index is 0.901. The lowest BCUT2D eigenvalue weighted by atomic mass is 10.00. The van der Waals surface area contributed by atoms with Crippen LogP contribution >= 0.6 is 0 Å². The molecule has 3 aromatic heterocycles. The number of fused-ring (bicyclic) bond motifs is 12. The smallest absolute Gasteiger partial charge is 0.159 e. The number of rotatable bonds is 3. The molecule has 0 aliphatic rings. The van der Waals surface area contributed by atoms with E-state index >= 15 is 0 Å². The van der Waals surface area contributed by atoms with E-state index in [2.05, 4.69) is 185 Å². The van der Waals surface area contributed by atoms with Crippen LogP contribution in [0.15, 0.2) is 186 Å². The fourth-order valence-corrected chi connectivity index (χ4v) is 8.87. The molecule has 0 bridgehead atoms. The van der Waals surface area contributed by atoms with Crippen LogP contribution in [0.2, 0.25) is 0 Å². The van der Waals surface area contributed by atoms with Gasteiger partial charge in [-0.2, -0.15) is 0 Å². The second-order valence-corrected chi connectivity index (χ2v) is 14.1. The van der Waals surface area contributed by atoms with E-state index in [-0.39, 0.29) is 0 Å². The summed E-state index contributed by atoms with van der Waals surface area (Å²) in [5.74, 6) is 0. The molecule has 0 aliphatic heterocycles. The summed E-state index contributed by atoms with van der Waals surface area (Å²) >= 11 is 0. The van der Waals surface area contributed by atoms with Crippen LogP contribution in [0.4, 0.5) is 0 Å². The van der Waals surface area contributed by atoms with Gasteiger partial charge < -0.3 is 13.6 Å². The fraction of sp³-hybridized carbons (Fsp3) is 0. The van der Waals surface area contributed by atoms with Crippen molar-refractivity contribution in [1.29, 1.82) is 0 Å². The maximum Gasteiger partial charge on any atom is 0.159 e. The molecule has 12 aromatic rings. The summed E-state index contributed by atoms with van der Waals surface area (Å²) in [5, 5.41) is 12.1. The third-order valence-corrected chi connectivity index (χ3v) is 11.3. The molecule has 3 heterocycles. The van der Waals surface area contributed by atoms with Crippen LogP contribution in [-0.2, 0) is 0 Å². The first-order chi connectivity index (χ1) is 26.3. The van der Waals surface area contributed by atoms with Crippen molar-refractivity contribution in [2.75, 3.05) is 0 Å². The Balaban J connectivity index is 1.10. The Bertz CT molecular complexity index is 3470. The molecule has 0 saturated carbocycles. The summed E-state index contributed by atoms with van der Waals surface area (Å²) in [6, 6.07) is 66.1. The molecule has 246 valence electrons. The van der Waals surface area contributed by atoms with Gasteiger partial charge >= 0.3 is 0 Å². The Morgan fingerprint density at radius 3 is 1.81 bits per heavy atom. The van der Waals surface area contributed by atoms with Gasteiger partial charge in [0.2, 0.25) is 0 Å². The van der Waals surface area contributed by atoms with Gasteiger partial charge in [0.25, 0.3) is 0 Å². The van der Waals surface area contributed by atoms with Crippen LogP contribution in [-0.4, -0.2) is 9.13 Å². The molecule has 9 aromatic carbocycles.